The van der Waals surface area contributed by atoms with E-state index in [0.717, 1.165) is 38.1 Å². The molecule has 0 amide bonds. The Morgan fingerprint density at radius 1 is 1.37 bits per heavy atom. The summed E-state index contributed by atoms with van der Waals surface area (Å²) in [4.78, 5) is 12.0. The van der Waals surface area contributed by atoms with E-state index in [1.54, 1.807) is 11.3 Å². The van der Waals surface area contributed by atoms with Crippen molar-refractivity contribution in [3.8, 4) is 0 Å². The molecule has 2 aliphatic heterocycles. The maximum atomic E-state index is 4.88. The zero-order valence-corrected chi connectivity index (χ0v) is 18.7. The summed E-state index contributed by atoms with van der Waals surface area (Å²) < 4.78 is 0.335. The molecule has 1 unspecified atom stereocenters. The monoisotopic (exact) mass is 409 g/mol. The predicted molar refractivity (Wildman–Crippen MR) is 119 cm³/mol. The Morgan fingerprint density at radius 2 is 2.19 bits per heavy atom. The van der Waals surface area contributed by atoms with Crippen molar-refractivity contribution in [3.63, 3.8) is 0 Å². The second kappa shape index (κ2) is 10.1. The van der Waals surface area contributed by atoms with Crippen LogP contribution < -0.4 is 10.6 Å². The third-order valence-electron chi connectivity index (χ3n) is 5.53. The van der Waals surface area contributed by atoms with Crippen molar-refractivity contribution in [2.75, 3.05) is 38.5 Å². The molecule has 1 atom stereocenters. The van der Waals surface area contributed by atoms with Crippen molar-refractivity contribution in [1.82, 2.24) is 20.5 Å². The number of thiazole rings is 1. The lowest BCUT2D eigenvalue weighted by atomic mass is 9.97. The predicted octanol–water partition coefficient (Wildman–Crippen LogP) is 3.50. The highest BCUT2D eigenvalue weighted by Crippen LogP contribution is 2.37. The van der Waals surface area contributed by atoms with E-state index in [-0.39, 0.29) is 0 Å². The molecule has 2 aliphatic rings. The SMILES string of the molecule is CCNC(=NCC1(C)CCCS1)NCC1CCN(Cc2csc(C)n2)CC1. The summed E-state index contributed by atoms with van der Waals surface area (Å²) in [6.45, 7) is 12.8. The van der Waals surface area contributed by atoms with Crippen molar-refractivity contribution in [2.24, 2.45) is 10.9 Å². The molecule has 0 aliphatic carbocycles. The van der Waals surface area contributed by atoms with Gasteiger partial charge in [0, 0.05) is 29.8 Å². The molecule has 27 heavy (non-hydrogen) atoms. The summed E-state index contributed by atoms with van der Waals surface area (Å²) in [7, 11) is 0. The molecule has 1 aromatic heterocycles. The van der Waals surface area contributed by atoms with E-state index >= 15 is 0 Å². The molecular weight excluding hydrogens is 374 g/mol. The van der Waals surface area contributed by atoms with Crippen LogP contribution >= 0.6 is 23.1 Å². The van der Waals surface area contributed by atoms with Crippen molar-refractivity contribution in [1.29, 1.82) is 0 Å². The van der Waals surface area contributed by atoms with Gasteiger partial charge >= 0.3 is 0 Å². The lowest BCUT2D eigenvalue weighted by molar-refractivity contribution is 0.176. The van der Waals surface area contributed by atoms with Crippen LogP contribution in [0.5, 0.6) is 0 Å². The van der Waals surface area contributed by atoms with E-state index in [9.17, 15) is 0 Å². The van der Waals surface area contributed by atoms with E-state index in [4.69, 9.17) is 4.99 Å². The molecule has 3 heterocycles. The number of nitrogens with one attached hydrogen (secondary N) is 2. The molecule has 0 spiro atoms. The number of aliphatic imine (C=N–C) groups is 1. The minimum Gasteiger partial charge on any atom is -0.357 e. The zero-order valence-electron chi connectivity index (χ0n) is 17.1. The molecular formula is C20H35N5S2. The van der Waals surface area contributed by atoms with Gasteiger partial charge in [-0.3, -0.25) is 9.89 Å². The first-order valence-electron chi connectivity index (χ1n) is 10.4. The topological polar surface area (TPSA) is 52.6 Å². The molecule has 2 saturated heterocycles. The first-order chi connectivity index (χ1) is 13.1. The van der Waals surface area contributed by atoms with Crippen LogP contribution in [0.1, 0.15) is 50.2 Å². The summed E-state index contributed by atoms with van der Waals surface area (Å²) in [5.41, 5.74) is 1.23. The Labute approximate surface area is 172 Å². The minimum absolute atomic E-state index is 0.335. The number of piperidine rings is 1. The average molecular weight is 410 g/mol. The number of guanidine groups is 1. The Hall–Kier alpha value is -0.790. The highest BCUT2D eigenvalue weighted by atomic mass is 32.2. The van der Waals surface area contributed by atoms with Crippen LogP contribution in [0.25, 0.3) is 0 Å². The van der Waals surface area contributed by atoms with E-state index in [0.29, 0.717) is 4.75 Å². The van der Waals surface area contributed by atoms with E-state index in [1.165, 1.54) is 55.2 Å². The minimum atomic E-state index is 0.335. The third kappa shape index (κ3) is 6.64. The molecule has 0 saturated carbocycles. The lowest BCUT2D eigenvalue weighted by Crippen LogP contribution is -2.43. The Balaban J connectivity index is 1.40. The van der Waals surface area contributed by atoms with E-state index in [2.05, 4.69) is 58.4 Å². The van der Waals surface area contributed by atoms with Gasteiger partial charge in [-0.15, -0.1) is 11.3 Å². The molecule has 0 radical (unpaired) electrons. The van der Waals surface area contributed by atoms with Crippen LogP contribution in [-0.2, 0) is 6.54 Å². The largest absolute Gasteiger partial charge is 0.357 e. The molecule has 1 aromatic rings. The molecule has 0 aromatic carbocycles. The summed E-state index contributed by atoms with van der Waals surface area (Å²) in [5.74, 6) is 3.01. The number of hydrogen-bond acceptors (Lipinski definition) is 5. The molecule has 3 rings (SSSR count). The van der Waals surface area contributed by atoms with Crippen molar-refractivity contribution < 1.29 is 0 Å². The average Bonchev–Trinajstić information content (AvgIpc) is 3.27. The Bertz CT molecular complexity index is 601. The second-order valence-electron chi connectivity index (χ2n) is 8.06. The molecule has 5 nitrogen and oxygen atoms in total. The molecule has 0 bridgehead atoms. The van der Waals surface area contributed by atoms with Gasteiger partial charge in [-0.05, 0) is 71.2 Å². The number of thioether (sulfide) groups is 1. The fourth-order valence-corrected chi connectivity index (χ4v) is 5.68. The van der Waals surface area contributed by atoms with Gasteiger partial charge in [0.2, 0.25) is 0 Å². The quantitative estimate of drug-likeness (QED) is 0.533. The summed E-state index contributed by atoms with van der Waals surface area (Å²) in [6.07, 6.45) is 5.13. The van der Waals surface area contributed by atoms with Crippen LogP contribution in [0.2, 0.25) is 0 Å². The molecule has 7 heteroatoms. The maximum Gasteiger partial charge on any atom is 0.191 e. The van der Waals surface area contributed by atoms with Gasteiger partial charge in [0.15, 0.2) is 5.96 Å². The molecule has 2 N–H and O–H groups in total. The van der Waals surface area contributed by atoms with Crippen molar-refractivity contribution >= 4 is 29.1 Å². The van der Waals surface area contributed by atoms with Crippen LogP contribution in [-0.4, -0.2) is 59.1 Å². The number of nitrogens with zero attached hydrogens (tertiary/aromatic N) is 3. The first kappa shape index (κ1) is 20.9. The van der Waals surface area contributed by atoms with E-state index in [1.807, 2.05) is 0 Å². The smallest absolute Gasteiger partial charge is 0.191 e. The van der Waals surface area contributed by atoms with Gasteiger partial charge in [-0.1, -0.05) is 0 Å². The Kier molecular flexibility index (Phi) is 7.85. The van der Waals surface area contributed by atoms with Crippen LogP contribution in [0.4, 0.5) is 0 Å². The van der Waals surface area contributed by atoms with Crippen LogP contribution in [0, 0.1) is 12.8 Å². The third-order valence-corrected chi connectivity index (χ3v) is 7.88. The maximum absolute atomic E-state index is 4.88. The fraction of sp³-hybridized carbons (Fsp3) is 0.800. The number of rotatable bonds is 7. The molecule has 152 valence electrons. The standard InChI is InChI=1S/C20H35N5S2/c1-4-21-19(23-15-20(3)8-5-11-27-20)22-12-17-6-9-25(10-7-17)13-18-14-26-16(2)24-18/h14,17H,4-13,15H2,1-3H3,(H2,21,22,23). The van der Waals surface area contributed by atoms with Gasteiger partial charge in [-0.25, -0.2) is 4.98 Å². The number of hydrogen-bond donors (Lipinski definition) is 2. The van der Waals surface area contributed by atoms with Crippen LogP contribution in [0.15, 0.2) is 10.4 Å². The highest BCUT2D eigenvalue weighted by Gasteiger charge is 2.29. The van der Waals surface area contributed by atoms with Crippen LogP contribution in [0.3, 0.4) is 0 Å². The van der Waals surface area contributed by atoms with Crippen molar-refractivity contribution in [2.45, 2.75) is 57.7 Å². The van der Waals surface area contributed by atoms with Gasteiger partial charge < -0.3 is 10.6 Å². The number of aromatic nitrogens is 1. The summed E-state index contributed by atoms with van der Waals surface area (Å²) >= 11 is 3.83. The summed E-state index contributed by atoms with van der Waals surface area (Å²) in [6, 6.07) is 0. The summed E-state index contributed by atoms with van der Waals surface area (Å²) in [5, 5.41) is 10.4. The lowest BCUT2D eigenvalue weighted by Gasteiger charge is -2.32. The number of likely N-dealkylation sites (tertiary alicyclic amines) is 1. The highest BCUT2D eigenvalue weighted by molar-refractivity contribution is 8.00. The van der Waals surface area contributed by atoms with E-state index < -0.39 is 0 Å². The second-order valence-corrected chi connectivity index (χ2v) is 10.8. The van der Waals surface area contributed by atoms with Gasteiger partial charge in [0.05, 0.1) is 17.2 Å². The number of aryl methyl sites for hydroxylation is 1. The van der Waals surface area contributed by atoms with Gasteiger partial charge in [-0.2, -0.15) is 11.8 Å². The zero-order chi connectivity index (χ0) is 19.1. The Morgan fingerprint density at radius 3 is 2.81 bits per heavy atom. The fourth-order valence-electron chi connectivity index (χ4n) is 3.85. The normalized spacial score (nSPS) is 25.1. The first-order valence-corrected chi connectivity index (χ1v) is 12.2. The van der Waals surface area contributed by atoms with Gasteiger partial charge in [0.1, 0.15) is 0 Å². The van der Waals surface area contributed by atoms with Gasteiger partial charge in [0.25, 0.3) is 0 Å². The molecule has 2 fully saturated rings. The van der Waals surface area contributed by atoms with Crippen molar-refractivity contribution in [3.05, 3.63) is 16.1 Å².